The molecule has 2 rings (SSSR count). The van der Waals surface area contributed by atoms with Gasteiger partial charge in [0.1, 0.15) is 5.78 Å². The second kappa shape index (κ2) is 2.21. The van der Waals surface area contributed by atoms with Crippen molar-refractivity contribution in [2.75, 3.05) is 13.1 Å². The Morgan fingerprint density at radius 1 is 1.42 bits per heavy atom. The molecule has 12 heavy (non-hydrogen) atoms. The number of hydrogen-bond acceptors (Lipinski definition) is 2. The summed E-state index contributed by atoms with van der Waals surface area (Å²) in [7, 11) is 0. The number of amides is 1. The second-order valence-electron chi connectivity index (χ2n) is 3.65. The van der Waals surface area contributed by atoms with E-state index in [0.717, 1.165) is 12.8 Å². The standard InChI is InChI=1S/C8H11NO3/c10-6-5-8(6)1-3-9(4-2-8)7(11)12/h1-5H2,(H,11,12). The molecule has 4 heteroatoms. The molecule has 2 fully saturated rings. The first-order valence-electron chi connectivity index (χ1n) is 4.15. The molecule has 1 saturated heterocycles. The summed E-state index contributed by atoms with van der Waals surface area (Å²) in [5.74, 6) is 0.326. The van der Waals surface area contributed by atoms with Gasteiger partial charge in [-0.25, -0.2) is 4.79 Å². The molecular weight excluding hydrogens is 158 g/mol. The highest BCUT2D eigenvalue weighted by atomic mass is 16.4. The van der Waals surface area contributed by atoms with Crippen LogP contribution in [0, 0.1) is 5.41 Å². The van der Waals surface area contributed by atoms with Crippen LogP contribution >= 0.6 is 0 Å². The highest BCUT2D eigenvalue weighted by Crippen LogP contribution is 2.49. The van der Waals surface area contributed by atoms with Crippen LogP contribution in [0.5, 0.6) is 0 Å². The molecule has 0 unspecified atom stereocenters. The lowest BCUT2D eigenvalue weighted by molar-refractivity contribution is -0.113. The molecule has 1 spiro atoms. The number of carbonyl (C=O) groups is 2. The summed E-state index contributed by atoms with van der Waals surface area (Å²) in [6.45, 7) is 1.06. The maximum atomic E-state index is 11.0. The van der Waals surface area contributed by atoms with E-state index in [2.05, 4.69) is 0 Å². The van der Waals surface area contributed by atoms with E-state index in [9.17, 15) is 9.59 Å². The third kappa shape index (κ3) is 0.983. The van der Waals surface area contributed by atoms with E-state index >= 15 is 0 Å². The summed E-state index contributed by atoms with van der Waals surface area (Å²) in [6, 6.07) is 0. The van der Waals surface area contributed by atoms with E-state index in [1.165, 1.54) is 4.90 Å². The molecule has 0 aromatic heterocycles. The van der Waals surface area contributed by atoms with Crippen molar-refractivity contribution in [1.29, 1.82) is 0 Å². The zero-order chi connectivity index (χ0) is 8.77. The van der Waals surface area contributed by atoms with Crippen LogP contribution < -0.4 is 0 Å². The van der Waals surface area contributed by atoms with Crippen molar-refractivity contribution in [2.24, 2.45) is 5.41 Å². The molecule has 1 aliphatic carbocycles. The number of rotatable bonds is 0. The van der Waals surface area contributed by atoms with E-state index in [-0.39, 0.29) is 5.41 Å². The van der Waals surface area contributed by atoms with E-state index in [1.54, 1.807) is 0 Å². The first-order chi connectivity index (χ1) is 5.64. The number of carboxylic acid groups (broad SMARTS) is 1. The zero-order valence-electron chi connectivity index (χ0n) is 6.75. The molecule has 2 aliphatic rings. The molecule has 66 valence electrons. The van der Waals surface area contributed by atoms with Crippen LogP contribution in [0.3, 0.4) is 0 Å². The summed E-state index contributed by atoms with van der Waals surface area (Å²) in [6.07, 6.45) is 1.29. The first kappa shape index (κ1) is 7.58. The normalized spacial score (nSPS) is 26.0. The van der Waals surface area contributed by atoms with Gasteiger partial charge < -0.3 is 10.0 Å². The number of nitrogens with zero attached hydrogens (tertiary/aromatic N) is 1. The van der Waals surface area contributed by atoms with E-state index in [4.69, 9.17) is 5.11 Å². The van der Waals surface area contributed by atoms with Crippen LogP contribution in [0.4, 0.5) is 4.79 Å². The Morgan fingerprint density at radius 2 is 1.92 bits per heavy atom. The molecule has 1 N–H and O–H groups in total. The minimum atomic E-state index is -0.863. The molecule has 0 bridgehead atoms. The predicted molar refractivity (Wildman–Crippen MR) is 40.9 cm³/mol. The van der Waals surface area contributed by atoms with Gasteiger partial charge >= 0.3 is 6.09 Å². The van der Waals surface area contributed by atoms with Gasteiger partial charge in [0.25, 0.3) is 0 Å². The van der Waals surface area contributed by atoms with E-state index < -0.39 is 6.09 Å². The van der Waals surface area contributed by atoms with Gasteiger partial charge in [0.15, 0.2) is 0 Å². The van der Waals surface area contributed by atoms with Gasteiger partial charge in [-0.05, 0) is 12.8 Å². The van der Waals surface area contributed by atoms with Crippen molar-refractivity contribution in [3.05, 3.63) is 0 Å². The number of likely N-dealkylation sites (tertiary alicyclic amines) is 1. The fourth-order valence-electron chi connectivity index (χ4n) is 1.84. The molecule has 0 aromatic carbocycles. The van der Waals surface area contributed by atoms with Crippen molar-refractivity contribution in [3.8, 4) is 0 Å². The fourth-order valence-corrected chi connectivity index (χ4v) is 1.84. The molecule has 1 heterocycles. The molecule has 0 aromatic rings. The third-order valence-corrected chi connectivity index (χ3v) is 2.96. The number of carbonyl (C=O) groups excluding carboxylic acids is 1. The molecular formula is C8H11NO3. The zero-order valence-corrected chi connectivity index (χ0v) is 6.75. The van der Waals surface area contributed by atoms with E-state index in [1.807, 2.05) is 0 Å². The van der Waals surface area contributed by atoms with Crippen LogP contribution in [0.2, 0.25) is 0 Å². The van der Waals surface area contributed by atoms with Crippen LogP contribution in [0.1, 0.15) is 19.3 Å². The SMILES string of the molecule is O=C(O)N1CCC2(CC1)CC2=O. The third-order valence-electron chi connectivity index (χ3n) is 2.96. The molecule has 0 radical (unpaired) electrons. The van der Waals surface area contributed by atoms with Crippen LogP contribution in [0.25, 0.3) is 0 Å². The second-order valence-corrected chi connectivity index (χ2v) is 3.65. The fraction of sp³-hybridized carbons (Fsp3) is 0.750. The molecule has 1 aliphatic heterocycles. The Morgan fingerprint density at radius 3 is 2.25 bits per heavy atom. The number of ketones is 1. The summed E-state index contributed by atoms with van der Waals surface area (Å²) in [5, 5.41) is 8.64. The van der Waals surface area contributed by atoms with Gasteiger partial charge in [-0.2, -0.15) is 0 Å². The number of piperidine rings is 1. The summed E-state index contributed by atoms with van der Waals surface area (Å²) < 4.78 is 0. The Bertz CT molecular complexity index is 241. The lowest BCUT2D eigenvalue weighted by Crippen LogP contribution is -2.38. The molecule has 4 nitrogen and oxygen atoms in total. The Balaban J connectivity index is 1.94. The number of Topliss-reactive ketones (excluding diaryl/α,β-unsaturated/α-hetero) is 1. The highest BCUT2D eigenvalue weighted by molar-refractivity contribution is 6.00. The molecule has 0 atom stereocenters. The quantitative estimate of drug-likeness (QED) is 0.581. The molecule has 1 saturated carbocycles. The minimum absolute atomic E-state index is 0.0913. The Hall–Kier alpha value is -1.06. The van der Waals surface area contributed by atoms with E-state index in [0.29, 0.717) is 25.3 Å². The number of hydrogen-bond donors (Lipinski definition) is 1. The largest absolute Gasteiger partial charge is 0.465 e. The van der Waals surface area contributed by atoms with Crippen molar-refractivity contribution in [2.45, 2.75) is 19.3 Å². The van der Waals surface area contributed by atoms with Crippen LogP contribution in [-0.2, 0) is 4.79 Å². The van der Waals surface area contributed by atoms with Gasteiger partial charge in [-0.1, -0.05) is 0 Å². The van der Waals surface area contributed by atoms with Crippen molar-refractivity contribution >= 4 is 11.9 Å². The lowest BCUT2D eigenvalue weighted by atomic mass is 9.94. The average molecular weight is 169 g/mol. The van der Waals surface area contributed by atoms with Crippen molar-refractivity contribution in [3.63, 3.8) is 0 Å². The van der Waals surface area contributed by atoms with Gasteiger partial charge in [0.2, 0.25) is 0 Å². The Kier molecular flexibility index (Phi) is 1.40. The van der Waals surface area contributed by atoms with Crippen LogP contribution in [-0.4, -0.2) is 35.0 Å². The summed E-state index contributed by atoms with van der Waals surface area (Å²) >= 11 is 0. The van der Waals surface area contributed by atoms with Gasteiger partial charge in [0.05, 0.1) is 0 Å². The lowest BCUT2D eigenvalue weighted by Gasteiger charge is -2.28. The molecule has 1 amide bonds. The Labute approximate surface area is 70.2 Å². The van der Waals surface area contributed by atoms with Gasteiger partial charge in [-0.3, -0.25) is 4.79 Å². The topological polar surface area (TPSA) is 57.6 Å². The predicted octanol–water partition coefficient (Wildman–Crippen LogP) is 0.719. The smallest absolute Gasteiger partial charge is 0.407 e. The average Bonchev–Trinajstić information content (AvgIpc) is 2.62. The van der Waals surface area contributed by atoms with Crippen molar-refractivity contribution < 1.29 is 14.7 Å². The summed E-state index contributed by atoms with van der Waals surface area (Å²) in [4.78, 5) is 22.9. The first-order valence-corrected chi connectivity index (χ1v) is 4.15. The van der Waals surface area contributed by atoms with Gasteiger partial charge in [0, 0.05) is 24.9 Å². The van der Waals surface area contributed by atoms with Gasteiger partial charge in [-0.15, -0.1) is 0 Å². The maximum absolute atomic E-state index is 11.0. The summed E-state index contributed by atoms with van der Waals surface area (Å²) in [5.41, 5.74) is -0.0913. The highest BCUT2D eigenvalue weighted by Gasteiger charge is 2.54. The van der Waals surface area contributed by atoms with Crippen LogP contribution in [0.15, 0.2) is 0 Å². The minimum Gasteiger partial charge on any atom is -0.465 e. The maximum Gasteiger partial charge on any atom is 0.407 e. The van der Waals surface area contributed by atoms with Crippen molar-refractivity contribution in [1.82, 2.24) is 4.90 Å². The monoisotopic (exact) mass is 169 g/mol.